The van der Waals surface area contributed by atoms with Crippen LogP contribution in [0.2, 0.25) is 0 Å². The second-order valence-electron chi connectivity index (χ2n) is 5.89. The SMILES string of the molecule is COc1cc(F)cc(CB2OC(C)(C)C(C)(C)O2)c1. The fourth-order valence-electron chi connectivity index (χ4n) is 2.10. The van der Waals surface area contributed by atoms with Crippen LogP contribution in [0.1, 0.15) is 33.3 Å². The van der Waals surface area contributed by atoms with Gasteiger partial charge in [0, 0.05) is 12.4 Å². The second-order valence-corrected chi connectivity index (χ2v) is 5.89. The lowest BCUT2D eigenvalue weighted by Gasteiger charge is -2.32. The minimum atomic E-state index is -0.366. The highest BCUT2D eigenvalue weighted by Crippen LogP contribution is 2.37. The molecule has 0 saturated carbocycles. The largest absolute Gasteiger partial charge is 0.497 e. The van der Waals surface area contributed by atoms with E-state index in [1.807, 2.05) is 27.7 Å². The van der Waals surface area contributed by atoms with Crippen molar-refractivity contribution in [2.45, 2.75) is 45.2 Å². The van der Waals surface area contributed by atoms with Crippen LogP contribution in [-0.2, 0) is 15.6 Å². The Labute approximate surface area is 114 Å². The van der Waals surface area contributed by atoms with Crippen molar-refractivity contribution in [3.8, 4) is 5.75 Å². The Morgan fingerprint density at radius 1 is 1.11 bits per heavy atom. The molecule has 1 aromatic carbocycles. The van der Waals surface area contributed by atoms with Crippen molar-refractivity contribution < 1.29 is 18.4 Å². The topological polar surface area (TPSA) is 27.7 Å². The van der Waals surface area contributed by atoms with Crippen molar-refractivity contribution in [2.75, 3.05) is 7.11 Å². The molecule has 1 saturated heterocycles. The second kappa shape index (κ2) is 4.80. The van der Waals surface area contributed by atoms with Gasteiger partial charge >= 0.3 is 7.12 Å². The molecule has 1 heterocycles. The Balaban J connectivity index is 2.13. The Morgan fingerprint density at radius 3 is 2.21 bits per heavy atom. The lowest BCUT2D eigenvalue weighted by atomic mass is 9.81. The van der Waals surface area contributed by atoms with Crippen molar-refractivity contribution in [3.63, 3.8) is 0 Å². The first-order valence-corrected chi connectivity index (χ1v) is 6.42. The van der Waals surface area contributed by atoms with E-state index in [1.54, 1.807) is 6.07 Å². The van der Waals surface area contributed by atoms with Gasteiger partial charge in [-0.3, -0.25) is 0 Å². The number of rotatable bonds is 3. The van der Waals surface area contributed by atoms with Crippen LogP contribution in [0.4, 0.5) is 4.39 Å². The third-order valence-corrected chi connectivity index (χ3v) is 3.87. The zero-order valence-electron chi connectivity index (χ0n) is 12.1. The zero-order chi connectivity index (χ0) is 14.3. The molecule has 0 unspecified atom stereocenters. The van der Waals surface area contributed by atoms with Crippen molar-refractivity contribution >= 4 is 7.12 Å². The van der Waals surface area contributed by atoms with E-state index in [2.05, 4.69) is 0 Å². The van der Waals surface area contributed by atoms with Gasteiger partial charge in [0.2, 0.25) is 0 Å². The maximum absolute atomic E-state index is 13.4. The van der Waals surface area contributed by atoms with Gasteiger partial charge in [0.15, 0.2) is 0 Å². The lowest BCUT2D eigenvalue weighted by molar-refractivity contribution is 0.00578. The van der Waals surface area contributed by atoms with Crippen LogP contribution in [0.5, 0.6) is 5.75 Å². The minimum absolute atomic E-state index is 0.314. The maximum atomic E-state index is 13.4. The fraction of sp³-hybridized carbons (Fsp3) is 0.571. The highest BCUT2D eigenvalue weighted by atomic mass is 19.1. The van der Waals surface area contributed by atoms with Crippen LogP contribution in [0.3, 0.4) is 0 Å². The zero-order valence-corrected chi connectivity index (χ0v) is 12.1. The Bertz CT molecular complexity index is 458. The summed E-state index contributed by atoms with van der Waals surface area (Å²) in [6.45, 7) is 8.00. The molecule has 0 aliphatic carbocycles. The van der Waals surface area contributed by atoms with Gasteiger partial charge in [0.05, 0.1) is 18.3 Å². The molecule has 0 bridgehead atoms. The number of methoxy groups -OCH3 is 1. The Morgan fingerprint density at radius 2 is 1.68 bits per heavy atom. The average Bonchev–Trinajstić information content (AvgIpc) is 2.45. The minimum Gasteiger partial charge on any atom is -0.497 e. The van der Waals surface area contributed by atoms with Crippen LogP contribution in [0.25, 0.3) is 0 Å². The van der Waals surface area contributed by atoms with Crippen molar-refractivity contribution in [1.29, 1.82) is 0 Å². The molecule has 0 aromatic heterocycles. The number of hydrogen-bond donors (Lipinski definition) is 0. The third-order valence-electron chi connectivity index (χ3n) is 3.87. The predicted octanol–water partition coefficient (Wildman–Crippen LogP) is 3.01. The summed E-state index contributed by atoms with van der Waals surface area (Å²) in [6.07, 6.45) is 0.501. The first-order valence-electron chi connectivity index (χ1n) is 6.42. The van der Waals surface area contributed by atoms with Gasteiger partial charge in [0.25, 0.3) is 0 Å². The van der Waals surface area contributed by atoms with Crippen molar-refractivity contribution in [3.05, 3.63) is 29.6 Å². The van der Waals surface area contributed by atoms with Crippen LogP contribution < -0.4 is 4.74 Å². The van der Waals surface area contributed by atoms with Crippen LogP contribution in [-0.4, -0.2) is 25.4 Å². The highest BCUT2D eigenvalue weighted by Gasteiger charge is 2.50. The molecule has 0 atom stereocenters. The molecular formula is C14H20BFO3. The van der Waals surface area contributed by atoms with Gasteiger partial charge in [0.1, 0.15) is 11.6 Å². The summed E-state index contributed by atoms with van der Waals surface area (Å²) in [6, 6.07) is 4.63. The van der Waals surface area contributed by atoms with Gasteiger partial charge < -0.3 is 14.0 Å². The summed E-state index contributed by atoms with van der Waals surface area (Å²) >= 11 is 0. The normalized spacial score (nSPS) is 20.6. The smallest absolute Gasteiger partial charge is 0.462 e. The quantitative estimate of drug-likeness (QED) is 0.787. The van der Waals surface area contributed by atoms with E-state index in [4.69, 9.17) is 14.0 Å². The van der Waals surface area contributed by atoms with Crippen LogP contribution >= 0.6 is 0 Å². The van der Waals surface area contributed by atoms with E-state index < -0.39 is 0 Å². The van der Waals surface area contributed by atoms with E-state index in [1.165, 1.54) is 19.2 Å². The van der Waals surface area contributed by atoms with Gasteiger partial charge in [-0.15, -0.1) is 0 Å². The summed E-state index contributed by atoms with van der Waals surface area (Å²) in [5.74, 6) is 0.192. The van der Waals surface area contributed by atoms with E-state index in [0.29, 0.717) is 12.1 Å². The highest BCUT2D eigenvalue weighted by molar-refractivity contribution is 6.45. The molecule has 5 heteroatoms. The van der Waals surface area contributed by atoms with E-state index in [9.17, 15) is 4.39 Å². The molecule has 1 fully saturated rings. The first kappa shape index (κ1) is 14.3. The third kappa shape index (κ3) is 2.93. The number of benzene rings is 1. The number of hydrogen-bond acceptors (Lipinski definition) is 3. The van der Waals surface area contributed by atoms with E-state index in [-0.39, 0.29) is 24.1 Å². The Hall–Kier alpha value is -1.07. The molecule has 1 aliphatic heterocycles. The number of halogens is 1. The molecule has 19 heavy (non-hydrogen) atoms. The van der Waals surface area contributed by atoms with Gasteiger partial charge in [-0.25, -0.2) is 4.39 Å². The predicted molar refractivity (Wildman–Crippen MR) is 72.7 cm³/mol. The van der Waals surface area contributed by atoms with E-state index in [0.717, 1.165) is 5.56 Å². The van der Waals surface area contributed by atoms with Gasteiger partial charge in [-0.2, -0.15) is 0 Å². The molecule has 2 rings (SSSR count). The summed E-state index contributed by atoms with van der Waals surface area (Å²) < 4.78 is 30.3. The van der Waals surface area contributed by atoms with Crippen molar-refractivity contribution in [1.82, 2.24) is 0 Å². The molecule has 0 amide bonds. The molecular weight excluding hydrogens is 246 g/mol. The summed E-state index contributed by atoms with van der Waals surface area (Å²) in [5, 5.41) is 0. The lowest BCUT2D eigenvalue weighted by Crippen LogP contribution is -2.41. The summed E-state index contributed by atoms with van der Waals surface area (Å²) in [4.78, 5) is 0. The maximum Gasteiger partial charge on any atom is 0.462 e. The standard InChI is InChI=1S/C14H20BFO3/c1-13(2)14(3,4)19-15(18-13)9-10-6-11(16)8-12(7-10)17-5/h6-8H,9H2,1-5H3. The summed E-state index contributed by atoms with van der Waals surface area (Å²) in [7, 11) is 1.16. The molecule has 1 aromatic rings. The summed E-state index contributed by atoms with van der Waals surface area (Å²) in [5.41, 5.74) is 0.0693. The molecule has 1 aliphatic rings. The molecule has 0 radical (unpaired) electrons. The van der Waals surface area contributed by atoms with Gasteiger partial charge in [-0.05, 0) is 45.4 Å². The fourth-order valence-corrected chi connectivity index (χ4v) is 2.10. The Kier molecular flexibility index (Phi) is 3.62. The van der Waals surface area contributed by atoms with Crippen LogP contribution in [0, 0.1) is 5.82 Å². The molecule has 0 N–H and O–H groups in total. The molecule has 0 spiro atoms. The monoisotopic (exact) mass is 266 g/mol. The molecule has 104 valence electrons. The van der Waals surface area contributed by atoms with E-state index >= 15 is 0 Å². The first-order chi connectivity index (χ1) is 8.73. The average molecular weight is 266 g/mol. The molecule has 3 nitrogen and oxygen atoms in total. The van der Waals surface area contributed by atoms with Gasteiger partial charge in [-0.1, -0.05) is 0 Å². The van der Waals surface area contributed by atoms with Crippen molar-refractivity contribution in [2.24, 2.45) is 0 Å². The van der Waals surface area contributed by atoms with Crippen LogP contribution in [0.15, 0.2) is 18.2 Å². The number of ether oxygens (including phenoxy) is 1.